The maximum Gasteiger partial charge on any atom is 0.253 e. The Morgan fingerprint density at radius 1 is 1.33 bits per heavy atom. The van der Waals surface area contributed by atoms with Crippen LogP contribution < -0.4 is 10.2 Å². The first-order valence-corrected chi connectivity index (χ1v) is 6.59. The van der Waals surface area contributed by atoms with Crippen molar-refractivity contribution in [3.05, 3.63) is 34.9 Å². The van der Waals surface area contributed by atoms with Gasteiger partial charge in [-0.15, -0.1) is 0 Å². The highest BCUT2D eigenvalue weighted by molar-refractivity contribution is 6.33. The highest BCUT2D eigenvalue weighted by Gasteiger charge is 2.14. The van der Waals surface area contributed by atoms with Crippen LogP contribution in [-0.2, 0) is 4.74 Å². The zero-order valence-corrected chi connectivity index (χ0v) is 11.0. The van der Waals surface area contributed by atoms with Gasteiger partial charge in [0, 0.05) is 0 Å². The molecule has 1 heterocycles. The number of hydrogen-bond donors (Lipinski definition) is 2. The molecule has 0 aromatic heterocycles. The number of rotatable bonds is 4. The molecule has 5 heteroatoms. The van der Waals surface area contributed by atoms with E-state index in [4.69, 9.17) is 16.3 Å². The molecule has 1 saturated heterocycles. The highest BCUT2D eigenvalue weighted by Crippen LogP contribution is 2.14. The minimum Gasteiger partial charge on any atom is -0.370 e. The lowest BCUT2D eigenvalue weighted by Gasteiger charge is -2.23. The third-order valence-corrected chi connectivity index (χ3v) is 3.41. The molecule has 1 aliphatic rings. The van der Waals surface area contributed by atoms with E-state index in [9.17, 15) is 4.79 Å². The van der Waals surface area contributed by atoms with Gasteiger partial charge in [-0.05, 0) is 12.1 Å². The molecule has 0 saturated carbocycles. The van der Waals surface area contributed by atoms with E-state index in [-0.39, 0.29) is 5.91 Å². The Morgan fingerprint density at radius 2 is 2.06 bits per heavy atom. The van der Waals surface area contributed by atoms with Crippen LogP contribution >= 0.6 is 11.6 Å². The van der Waals surface area contributed by atoms with Gasteiger partial charge in [0.05, 0.1) is 36.9 Å². The van der Waals surface area contributed by atoms with Crippen molar-refractivity contribution in [2.24, 2.45) is 0 Å². The van der Waals surface area contributed by atoms with Crippen LogP contribution in [0.5, 0.6) is 0 Å². The molecular weight excluding hydrogens is 252 g/mol. The van der Waals surface area contributed by atoms with Gasteiger partial charge in [0.15, 0.2) is 0 Å². The van der Waals surface area contributed by atoms with Crippen LogP contribution in [0.4, 0.5) is 0 Å². The second-order valence-corrected chi connectivity index (χ2v) is 4.76. The van der Waals surface area contributed by atoms with Crippen LogP contribution in [0.2, 0.25) is 5.02 Å². The van der Waals surface area contributed by atoms with E-state index in [0.29, 0.717) is 17.1 Å². The van der Waals surface area contributed by atoms with Crippen LogP contribution in [0.25, 0.3) is 0 Å². The average Bonchev–Trinajstić information content (AvgIpc) is 2.40. The van der Waals surface area contributed by atoms with Crippen molar-refractivity contribution >= 4 is 17.5 Å². The van der Waals surface area contributed by atoms with Crippen molar-refractivity contribution in [1.29, 1.82) is 0 Å². The molecule has 0 atom stereocenters. The van der Waals surface area contributed by atoms with Crippen LogP contribution in [0.15, 0.2) is 24.3 Å². The predicted molar refractivity (Wildman–Crippen MR) is 70.2 cm³/mol. The molecule has 18 heavy (non-hydrogen) atoms. The molecule has 1 aromatic rings. The second kappa shape index (κ2) is 6.73. The molecule has 2 N–H and O–H groups in total. The summed E-state index contributed by atoms with van der Waals surface area (Å²) in [6.45, 7) is 5.25. The van der Waals surface area contributed by atoms with E-state index in [2.05, 4.69) is 5.32 Å². The minimum atomic E-state index is -0.103. The quantitative estimate of drug-likeness (QED) is 0.807. The molecule has 98 valence electrons. The normalized spacial score (nSPS) is 16.5. The summed E-state index contributed by atoms with van der Waals surface area (Å²) >= 11 is 5.96. The maximum absolute atomic E-state index is 11.9. The summed E-state index contributed by atoms with van der Waals surface area (Å²) in [7, 11) is 0. The number of morpholine rings is 1. The third-order valence-electron chi connectivity index (χ3n) is 3.08. The van der Waals surface area contributed by atoms with E-state index in [1.165, 1.54) is 4.90 Å². The summed E-state index contributed by atoms with van der Waals surface area (Å²) in [6.07, 6.45) is 0. The summed E-state index contributed by atoms with van der Waals surface area (Å²) in [5.74, 6) is -0.103. The van der Waals surface area contributed by atoms with Crippen molar-refractivity contribution in [2.75, 3.05) is 39.4 Å². The van der Waals surface area contributed by atoms with Gasteiger partial charge in [-0.3, -0.25) is 4.79 Å². The molecule has 1 fully saturated rings. The Hall–Kier alpha value is -1.10. The largest absolute Gasteiger partial charge is 0.370 e. The average molecular weight is 270 g/mol. The number of halogens is 1. The Morgan fingerprint density at radius 3 is 2.78 bits per heavy atom. The molecule has 0 aliphatic carbocycles. The fraction of sp³-hybridized carbons (Fsp3) is 0.462. The Bertz CT molecular complexity index is 406. The molecular formula is C13H18ClN2O2+. The van der Waals surface area contributed by atoms with Gasteiger partial charge >= 0.3 is 0 Å². The lowest BCUT2D eigenvalue weighted by atomic mass is 10.2. The highest BCUT2D eigenvalue weighted by atomic mass is 35.5. The molecule has 4 nitrogen and oxygen atoms in total. The van der Waals surface area contributed by atoms with Crippen molar-refractivity contribution < 1.29 is 14.4 Å². The van der Waals surface area contributed by atoms with Gasteiger partial charge in [-0.1, -0.05) is 23.7 Å². The van der Waals surface area contributed by atoms with E-state index in [1.54, 1.807) is 12.1 Å². The number of quaternary nitrogens is 1. The van der Waals surface area contributed by atoms with E-state index in [0.717, 1.165) is 32.8 Å². The van der Waals surface area contributed by atoms with Crippen molar-refractivity contribution in [3.63, 3.8) is 0 Å². The number of ether oxygens (including phenoxy) is 1. The van der Waals surface area contributed by atoms with Crippen molar-refractivity contribution in [1.82, 2.24) is 5.32 Å². The topological polar surface area (TPSA) is 42.8 Å². The number of carbonyl (C=O) groups excluding carboxylic acids is 1. The SMILES string of the molecule is O=C(NCC[NH+]1CCOCC1)c1ccccc1Cl. The zero-order valence-electron chi connectivity index (χ0n) is 10.2. The van der Waals surface area contributed by atoms with Gasteiger partial charge < -0.3 is 15.0 Å². The first-order chi connectivity index (χ1) is 8.77. The van der Waals surface area contributed by atoms with Gasteiger partial charge in [-0.25, -0.2) is 0 Å². The van der Waals surface area contributed by atoms with E-state index >= 15 is 0 Å². The number of nitrogens with one attached hydrogen (secondary N) is 2. The lowest BCUT2D eigenvalue weighted by Crippen LogP contribution is -3.14. The Kier molecular flexibility index (Phi) is 4.99. The summed E-state index contributed by atoms with van der Waals surface area (Å²) in [4.78, 5) is 13.4. The molecule has 2 rings (SSSR count). The monoisotopic (exact) mass is 269 g/mol. The van der Waals surface area contributed by atoms with Crippen LogP contribution in [0.3, 0.4) is 0 Å². The van der Waals surface area contributed by atoms with Crippen molar-refractivity contribution in [2.45, 2.75) is 0 Å². The lowest BCUT2D eigenvalue weighted by molar-refractivity contribution is -0.906. The zero-order chi connectivity index (χ0) is 12.8. The smallest absolute Gasteiger partial charge is 0.253 e. The summed E-state index contributed by atoms with van der Waals surface area (Å²) in [6, 6.07) is 7.09. The number of carbonyl (C=O) groups is 1. The molecule has 0 unspecified atom stereocenters. The first kappa shape index (κ1) is 13.3. The van der Waals surface area contributed by atoms with Crippen LogP contribution in [-0.4, -0.2) is 45.3 Å². The Labute approximate surface area is 112 Å². The molecule has 0 radical (unpaired) electrons. The molecule has 1 aromatic carbocycles. The Balaban J connectivity index is 1.76. The first-order valence-electron chi connectivity index (χ1n) is 6.21. The second-order valence-electron chi connectivity index (χ2n) is 4.35. The summed E-state index contributed by atoms with van der Waals surface area (Å²) < 4.78 is 5.29. The van der Waals surface area contributed by atoms with E-state index < -0.39 is 0 Å². The molecule has 0 bridgehead atoms. The van der Waals surface area contributed by atoms with Gasteiger partial charge in [-0.2, -0.15) is 0 Å². The van der Waals surface area contributed by atoms with Crippen LogP contribution in [0.1, 0.15) is 10.4 Å². The number of hydrogen-bond acceptors (Lipinski definition) is 2. The number of amides is 1. The predicted octanol–water partition coefficient (Wildman–Crippen LogP) is -0.0151. The van der Waals surface area contributed by atoms with Gasteiger partial charge in [0.25, 0.3) is 5.91 Å². The summed E-state index contributed by atoms with van der Waals surface area (Å²) in [5.41, 5.74) is 0.538. The van der Waals surface area contributed by atoms with Crippen LogP contribution in [0, 0.1) is 0 Å². The number of benzene rings is 1. The maximum atomic E-state index is 11.9. The molecule has 0 spiro atoms. The van der Waals surface area contributed by atoms with Gasteiger partial charge in [0.1, 0.15) is 13.1 Å². The fourth-order valence-electron chi connectivity index (χ4n) is 2.00. The van der Waals surface area contributed by atoms with Crippen molar-refractivity contribution in [3.8, 4) is 0 Å². The molecule has 1 aliphatic heterocycles. The fourth-order valence-corrected chi connectivity index (χ4v) is 2.23. The third kappa shape index (κ3) is 3.70. The molecule has 1 amide bonds. The van der Waals surface area contributed by atoms with Gasteiger partial charge in [0.2, 0.25) is 0 Å². The summed E-state index contributed by atoms with van der Waals surface area (Å²) in [5, 5.41) is 3.40. The minimum absolute atomic E-state index is 0.103. The van der Waals surface area contributed by atoms with E-state index in [1.807, 2.05) is 12.1 Å². The standard InChI is InChI=1S/C13H17ClN2O2/c14-12-4-2-1-3-11(12)13(17)15-5-6-16-7-9-18-10-8-16/h1-4H,5-10H2,(H,15,17)/p+1.